The number of furan rings is 1. The maximum atomic E-state index is 6.20. The van der Waals surface area contributed by atoms with Crippen LogP contribution in [0.1, 0.15) is 45.2 Å². The fourth-order valence-corrected chi connectivity index (χ4v) is 9.84. The predicted octanol–water partition coefficient (Wildman–Crippen LogP) is 14.1. The van der Waals surface area contributed by atoms with Gasteiger partial charge in [0, 0.05) is 56.2 Å². The van der Waals surface area contributed by atoms with Crippen LogP contribution in [0.15, 0.2) is 217 Å². The summed E-state index contributed by atoms with van der Waals surface area (Å²) in [5.41, 5.74) is 17.4. The average molecular weight is 832 g/mol. The molecule has 0 spiro atoms. The Bertz CT molecular complexity index is 3510. The molecule has 3 aliphatic rings. The van der Waals surface area contributed by atoms with Crippen LogP contribution >= 0.6 is 0 Å². The maximum absolute atomic E-state index is 6.20. The molecule has 2 atom stereocenters. The zero-order valence-corrected chi connectivity index (χ0v) is 35.0. The summed E-state index contributed by atoms with van der Waals surface area (Å²) < 4.78 is 6.20. The minimum absolute atomic E-state index is 0.0466. The summed E-state index contributed by atoms with van der Waals surface area (Å²) in [5, 5.41) is 1.09. The third-order valence-corrected chi connectivity index (χ3v) is 12.9. The Labute approximate surface area is 375 Å². The molecule has 65 heavy (non-hydrogen) atoms. The Hall–Kier alpha value is -8.61. The van der Waals surface area contributed by atoms with E-state index in [9.17, 15) is 0 Å². The Morgan fingerprint density at radius 1 is 0.277 bits per heavy atom. The SMILES string of the molecule is c1ccc(-c2nc(-c3ccc(-c4cc5ccccc5o4)cc3)cc(-c3ccc4c(c3)C3c5ccccc5C4c4cc(-c5nc(-c6ccccc6)nc(-c6ccccc6)n5)ccc43)n2)cc1. The molecule has 8 aromatic carbocycles. The highest BCUT2D eigenvalue weighted by Gasteiger charge is 2.41. The monoisotopic (exact) mass is 831 g/mol. The van der Waals surface area contributed by atoms with Crippen molar-refractivity contribution in [2.75, 3.05) is 0 Å². The molecule has 0 fully saturated rings. The summed E-state index contributed by atoms with van der Waals surface area (Å²) in [6.45, 7) is 0. The van der Waals surface area contributed by atoms with E-state index in [1.807, 2.05) is 97.1 Å². The van der Waals surface area contributed by atoms with Gasteiger partial charge in [-0.05, 0) is 63.7 Å². The van der Waals surface area contributed by atoms with Crippen LogP contribution < -0.4 is 0 Å². The second-order valence-corrected chi connectivity index (χ2v) is 16.8. The van der Waals surface area contributed by atoms with Crippen LogP contribution in [-0.4, -0.2) is 24.9 Å². The Morgan fingerprint density at radius 2 is 0.692 bits per heavy atom. The van der Waals surface area contributed by atoms with E-state index in [1.54, 1.807) is 0 Å². The van der Waals surface area contributed by atoms with Crippen LogP contribution in [-0.2, 0) is 0 Å². The molecular weight excluding hydrogens is 795 g/mol. The summed E-state index contributed by atoms with van der Waals surface area (Å²) in [5.74, 6) is 3.59. The first kappa shape index (κ1) is 37.0. The third kappa shape index (κ3) is 6.37. The van der Waals surface area contributed by atoms with Crippen molar-refractivity contribution in [2.45, 2.75) is 11.8 Å². The van der Waals surface area contributed by atoms with Crippen molar-refractivity contribution in [3.05, 3.63) is 246 Å². The van der Waals surface area contributed by atoms with Gasteiger partial charge in [-0.2, -0.15) is 0 Å². The van der Waals surface area contributed by atoms with Crippen molar-refractivity contribution in [3.8, 4) is 79.4 Å². The first-order valence-corrected chi connectivity index (χ1v) is 22.0. The molecule has 3 aliphatic carbocycles. The highest BCUT2D eigenvalue weighted by atomic mass is 16.3. The van der Waals surface area contributed by atoms with Crippen molar-refractivity contribution in [1.82, 2.24) is 24.9 Å². The smallest absolute Gasteiger partial charge is 0.164 e. The second-order valence-electron chi connectivity index (χ2n) is 16.8. The standard InChI is InChI=1S/C59H37N5O/c1-4-14-38(15-5-1)56-60-50(36-24-26-37(27-25-36)53-34-42-20-10-13-23-52(42)65-53)35-51(61-56)41-28-30-46-48(32-41)54-44-21-11-12-22-45(44)55(46)49-33-43(29-31-47(49)54)59-63-57(39-16-6-2-7-17-39)62-58(64-59)40-18-8-3-9-19-40/h1-35,54-55H. The van der Waals surface area contributed by atoms with E-state index < -0.39 is 0 Å². The molecule has 14 rings (SSSR count). The molecule has 304 valence electrons. The lowest BCUT2D eigenvalue weighted by Crippen LogP contribution is -2.27. The molecule has 0 aliphatic heterocycles. The Balaban J connectivity index is 0.908. The number of fused-ring (bicyclic) bond motifs is 1. The number of rotatable bonds is 7. The van der Waals surface area contributed by atoms with Gasteiger partial charge in [0.25, 0.3) is 0 Å². The van der Waals surface area contributed by atoms with Gasteiger partial charge in [0.2, 0.25) is 0 Å². The minimum Gasteiger partial charge on any atom is -0.456 e. The number of benzene rings is 8. The van der Waals surface area contributed by atoms with Crippen molar-refractivity contribution >= 4 is 11.0 Å². The molecule has 0 saturated heterocycles. The van der Waals surface area contributed by atoms with Crippen LogP contribution in [0.5, 0.6) is 0 Å². The molecule has 11 aromatic rings. The van der Waals surface area contributed by atoms with E-state index >= 15 is 0 Å². The topological polar surface area (TPSA) is 77.6 Å². The Morgan fingerprint density at radius 3 is 1.26 bits per heavy atom. The van der Waals surface area contributed by atoms with Crippen molar-refractivity contribution < 1.29 is 4.42 Å². The molecule has 2 bridgehead atoms. The molecule has 0 saturated carbocycles. The number of hydrogen-bond acceptors (Lipinski definition) is 6. The van der Waals surface area contributed by atoms with Gasteiger partial charge in [-0.15, -0.1) is 0 Å². The van der Waals surface area contributed by atoms with Gasteiger partial charge in [0.15, 0.2) is 23.3 Å². The van der Waals surface area contributed by atoms with Crippen LogP contribution in [0, 0.1) is 0 Å². The van der Waals surface area contributed by atoms with Gasteiger partial charge in [0.05, 0.1) is 11.4 Å². The molecule has 3 heterocycles. The summed E-state index contributed by atoms with van der Waals surface area (Å²) in [6.07, 6.45) is 0. The van der Waals surface area contributed by atoms with Gasteiger partial charge < -0.3 is 4.42 Å². The number of nitrogens with zero attached hydrogens (tertiary/aromatic N) is 5. The van der Waals surface area contributed by atoms with Crippen LogP contribution in [0.3, 0.4) is 0 Å². The van der Waals surface area contributed by atoms with Gasteiger partial charge >= 0.3 is 0 Å². The quantitative estimate of drug-likeness (QED) is 0.159. The lowest BCUT2D eigenvalue weighted by atomic mass is 9.60. The van der Waals surface area contributed by atoms with Crippen LogP contribution in [0.2, 0.25) is 0 Å². The van der Waals surface area contributed by atoms with E-state index in [-0.39, 0.29) is 11.8 Å². The summed E-state index contributed by atoms with van der Waals surface area (Å²) in [4.78, 5) is 25.5. The molecule has 0 amide bonds. The first-order chi connectivity index (χ1) is 32.2. The molecule has 0 N–H and O–H groups in total. The molecule has 6 nitrogen and oxygen atoms in total. The minimum atomic E-state index is 0.0466. The molecule has 2 unspecified atom stereocenters. The summed E-state index contributed by atoms with van der Waals surface area (Å²) in [6, 6.07) is 74.0. The molecule has 0 radical (unpaired) electrons. The van der Waals surface area contributed by atoms with Gasteiger partial charge in [0.1, 0.15) is 11.3 Å². The highest BCUT2D eigenvalue weighted by molar-refractivity contribution is 5.84. The Kier molecular flexibility index (Phi) is 8.56. The molecule has 3 aromatic heterocycles. The van der Waals surface area contributed by atoms with Crippen LogP contribution in [0.4, 0.5) is 0 Å². The third-order valence-electron chi connectivity index (χ3n) is 12.9. The van der Waals surface area contributed by atoms with E-state index in [0.29, 0.717) is 23.3 Å². The normalized spacial score (nSPS) is 14.5. The molecule has 6 heteroatoms. The largest absolute Gasteiger partial charge is 0.456 e. The highest BCUT2D eigenvalue weighted by Crippen LogP contribution is 2.56. The lowest BCUT2D eigenvalue weighted by Gasteiger charge is -2.42. The van der Waals surface area contributed by atoms with Crippen LogP contribution in [0.25, 0.3) is 90.4 Å². The average Bonchev–Trinajstić information content (AvgIpc) is 3.83. The van der Waals surface area contributed by atoms with E-state index in [2.05, 4.69) is 115 Å². The van der Waals surface area contributed by atoms with Gasteiger partial charge in [-0.25, -0.2) is 24.9 Å². The fourth-order valence-electron chi connectivity index (χ4n) is 9.84. The van der Waals surface area contributed by atoms with Crippen molar-refractivity contribution in [2.24, 2.45) is 0 Å². The van der Waals surface area contributed by atoms with E-state index in [1.165, 1.54) is 33.4 Å². The van der Waals surface area contributed by atoms with E-state index in [0.717, 1.165) is 67.1 Å². The summed E-state index contributed by atoms with van der Waals surface area (Å²) in [7, 11) is 0. The molecular formula is C59H37N5O. The first-order valence-electron chi connectivity index (χ1n) is 22.0. The predicted molar refractivity (Wildman–Crippen MR) is 258 cm³/mol. The van der Waals surface area contributed by atoms with Gasteiger partial charge in [-0.1, -0.05) is 182 Å². The lowest BCUT2D eigenvalue weighted by molar-refractivity contribution is 0.631. The number of aromatic nitrogens is 5. The second kappa shape index (κ2) is 15.0. The number of hydrogen-bond donors (Lipinski definition) is 0. The van der Waals surface area contributed by atoms with E-state index in [4.69, 9.17) is 29.3 Å². The van der Waals surface area contributed by atoms with Gasteiger partial charge in [-0.3, -0.25) is 0 Å². The fraction of sp³-hybridized carbons (Fsp3) is 0.0339. The van der Waals surface area contributed by atoms with Crippen molar-refractivity contribution in [3.63, 3.8) is 0 Å². The zero-order valence-electron chi connectivity index (χ0n) is 35.0. The maximum Gasteiger partial charge on any atom is 0.164 e. The number of para-hydroxylation sites is 1. The van der Waals surface area contributed by atoms with Crippen molar-refractivity contribution in [1.29, 1.82) is 0 Å². The summed E-state index contributed by atoms with van der Waals surface area (Å²) >= 11 is 0. The zero-order chi connectivity index (χ0) is 42.8.